The van der Waals surface area contributed by atoms with Gasteiger partial charge < -0.3 is 58.0 Å². The first-order valence-corrected chi connectivity index (χ1v) is 17.0. The van der Waals surface area contributed by atoms with Gasteiger partial charge in [-0.05, 0) is 24.3 Å². The minimum absolute atomic E-state index is 0.0336. The Balaban J connectivity index is 1.93. The van der Waals surface area contributed by atoms with Crippen molar-refractivity contribution in [1.29, 1.82) is 0 Å². The van der Waals surface area contributed by atoms with Crippen LogP contribution in [0.4, 0.5) is 0 Å². The molecule has 56 heavy (non-hydrogen) atoms. The van der Waals surface area contributed by atoms with Gasteiger partial charge in [-0.2, -0.15) is 0 Å². The Morgan fingerprint density at radius 2 is 0.875 bits per heavy atom. The lowest BCUT2D eigenvalue weighted by atomic mass is 9.96. The van der Waals surface area contributed by atoms with Gasteiger partial charge in [-0.15, -0.1) is 0 Å². The fourth-order valence-corrected chi connectivity index (χ4v) is 5.76. The topological polar surface area (TPSA) is 270 Å². The summed E-state index contributed by atoms with van der Waals surface area (Å²) in [6.07, 6.45) is -11.4. The molecule has 2 fully saturated rings. The van der Waals surface area contributed by atoms with Gasteiger partial charge in [-0.3, -0.25) is 38.4 Å². The quantitative estimate of drug-likeness (QED) is 0.178. The molecule has 0 aromatic heterocycles. The van der Waals surface area contributed by atoms with Crippen LogP contribution in [0.2, 0.25) is 0 Å². The van der Waals surface area contributed by atoms with Crippen LogP contribution in [-0.4, -0.2) is 128 Å². The number of nitrogens with one attached hydrogen (secondary N) is 2. The summed E-state index contributed by atoms with van der Waals surface area (Å²) in [5.74, 6) is -6.95. The smallest absolute Gasteiger partial charge is 0.340 e. The Kier molecular flexibility index (Phi) is 16.1. The largest absolute Gasteiger partial charge is 0.463 e. The predicted octanol–water partition coefficient (Wildman–Crippen LogP) is -0.466. The highest BCUT2D eigenvalue weighted by Gasteiger charge is 2.53. The van der Waals surface area contributed by atoms with E-state index in [0.29, 0.717) is 0 Å². The Bertz CT molecular complexity index is 1650. The molecule has 2 aliphatic rings. The number of hydrogen-bond acceptors (Lipinski definition) is 19. The third kappa shape index (κ3) is 13.2. The highest BCUT2D eigenvalue weighted by molar-refractivity contribution is 5.89. The Hall–Kier alpha value is -5.83. The Labute approximate surface area is 320 Å². The molecule has 0 unspecified atom stereocenters. The normalized spacial score (nSPS) is 26.9. The standard InChI is InChI=1S/C35H44N2O19/c1-15(38)36-27-31(51-21(7)44)29(49-19(5)42)25(13-47-17(3)40)54-34(27)53-24-11-9-23(10-12-24)33(46)56-35-28(37-16(2)39)32(52-22(8)45)30(50-20(6)43)26(55-35)14-48-18(4)41/h9-12,25-32,34-35H,13-14H2,1-8H3,(H,36,38)(H,37,39)/t25-,26-,27+,28+,29+,30+,31-,32+,34-,35+/m1/s1. The van der Waals surface area contributed by atoms with Crippen LogP contribution in [0.15, 0.2) is 24.3 Å². The van der Waals surface area contributed by atoms with E-state index in [1.54, 1.807) is 0 Å². The molecule has 2 N–H and O–H groups in total. The van der Waals surface area contributed by atoms with Gasteiger partial charge in [0, 0.05) is 55.4 Å². The van der Waals surface area contributed by atoms with Gasteiger partial charge >= 0.3 is 41.8 Å². The van der Waals surface area contributed by atoms with Gasteiger partial charge in [0.2, 0.25) is 24.4 Å². The van der Waals surface area contributed by atoms with Crippen LogP contribution < -0.4 is 15.4 Å². The molecule has 2 heterocycles. The molecule has 0 aliphatic carbocycles. The summed E-state index contributed by atoms with van der Waals surface area (Å²) in [6.45, 7) is 7.86. The Morgan fingerprint density at radius 1 is 0.500 bits per heavy atom. The van der Waals surface area contributed by atoms with E-state index in [-0.39, 0.29) is 11.3 Å². The second-order valence-corrected chi connectivity index (χ2v) is 12.5. The molecule has 1 aromatic rings. The summed E-state index contributed by atoms with van der Waals surface area (Å²) in [5, 5.41) is 5.05. The maximum atomic E-state index is 13.5. The maximum Gasteiger partial charge on any atom is 0.340 e. The van der Waals surface area contributed by atoms with Crippen LogP contribution in [0.1, 0.15) is 65.7 Å². The molecule has 1 aromatic carbocycles. The molecule has 308 valence electrons. The summed E-state index contributed by atoms with van der Waals surface area (Å²) in [6, 6.07) is 2.42. The predicted molar refractivity (Wildman–Crippen MR) is 180 cm³/mol. The van der Waals surface area contributed by atoms with Crippen LogP contribution in [0.3, 0.4) is 0 Å². The molecule has 3 rings (SSSR count). The minimum Gasteiger partial charge on any atom is -0.463 e. The first-order chi connectivity index (χ1) is 26.2. The zero-order chi connectivity index (χ0) is 41.9. The van der Waals surface area contributed by atoms with Crippen LogP contribution in [0.25, 0.3) is 0 Å². The average molecular weight is 797 g/mol. The van der Waals surface area contributed by atoms with Gasteiger partial charge in [0.15, 0.2) is 24.4 Å². The summed E-state index contributed by atoms with van der Waals surface area (Å²) in [7, 11) is 0. The van der Waals surface area contributed by atoms with Gasteiger partial charge in [0.05, 0.1) is 5.56 Å². The van der Waals surface area contributed by atoms with Crippen molar-refractivity contribution in [2.45, 2.75) is 117 Å². The first-order valence-electron chi connectivity index (χ1n) is 17.0. The number of carbonyl (C=O) groups excluding carboxylic acids is 9. The van der Waals surface area contributed by atoms with E-state index in [1.165, 1.54) is 31.2 Å². The molecule has 21 nitrogen and oxygen atoms in total. The molecule has 21 heteroatoms. The van der Waals surface area contributed by atoms with E-state index in [2.05, 4.69) is 10.6 Å². The van der Waals surface area contributed by atoms with Crippen molar-refractivity contribution in [3.8, 4) is 5.75 Å². The van der Waals surface area contributed by atoms with E-state index in [9.17, 15) is 43.2 Å². The monoisotopic (exact) mass is 796 g/mol. The van der Waals surface area contributed by atoms with Gasteiger partial charge in [-0.25, -0.2) is 4.79 Å². The summed E-state index contributed by atoms with van der Waals surface area (Å²) < 4.78 is 55.2. The van der Waals surface area contributed by atoms with Crippen LogP contribution in [-0.2, 0) is 81.0 Å². The molecule has 10 atom stereocenters. The third-order valence-corrected chi connectivity index (χ3v) is 7.71. The number of carbonyl (C=O) groups is 9. The molecule has 0 spiro atoms. The second-order valence-electron chi connectivity index (χ2n) is 12.5. The van der Waals surface area contributed by atoms with Gasteiger partial charge in [0.25, 0.3) is 0 Å². The molecule has 2 saturated heterocycles. The van der Waals surface area contributed by atoms with Crippen molar-refractivity contribution in [1.82, 2.24) is 10.6 Å². The molecular weight excluding hydrogens is 752 g/mol. The number of hydrogen-bond donors (Lipinski definition) is 2. The number of rotatable bonds is 14. The highest BCUT2D eigenvalue weighted by atomic mass is 16.7. The van der Waals surface area contributed by atoms with E-state index in [1.807, 2.05) is 0 Å². The van der Waals surface area contributed by atoms with Crippen molar-refractivity contribution < 1.29 is 90.5 Å². The molecule has 0 saturated carbocycles. The zero-order valence-electron chi connectivity index (χ0n) is 31.8. The molecular formula is C35H44N2O19. The summed E-state index contributed by atoms with van der Waals surface area (Å²) >= 11 is 0. The molecule has 2 aliphatic heterocycles. The fraction of sp³-hybridized carbons (Fsp3) is 0.571. The van der Waals surface area contributed by atoms with Crippen LogP contribution in [0.5, 0.6) is 5.75 Å². The van der Waals surface area contributed by atoms with E-state index >= 15 is 0 Å². The van der Waals surface area contributed by atoms with E-state index in [0.717, 1.165) is 48.5 Å². The highest BCUT2D eigenvalue weighted by Crippen LogP contribution is 2.31. The molecule has 0 radical (unpaired) electrons. The van der Waals surface area contributed by atoms with Gasteiger partial charge in [0.1, 0.15) is 43.3 Å². The van der Waals surface area contributed by atoms with Crippen molar-refractivity contribution in [3.05, 3.63) is 29.8 Å². The van der Waals surface area contributed by atoms with E-state index in [4.69, 9.17) is 47.4 Å². The zero-order valence-corrected chi connectivity index (χ0v) is 31.8. The second kappa shape index (κ2) is 20.2. The van der Waals surface area contributed by atoms with Crippen molar-refractivity contribution in [3.63, 3.8) is 0 Å². The minimum atomic E-state index is -1.69. The SMILES string of the molecule is CC(=O)N[C@@H]1[C@H](Oc2ccc(C(=O)O[C@@H]3O[C@H](COC(C)=O)[C@H](OC(C)=O)[C@@H](OC(C)=O)[C@@H]3NC(C)=O)cc2)O[C@H](COC(C)=O)[C@H](OC(C)=O)[C@@H]1OC(C)=O. The van der Waals surface area contributed by atoms with Crippen molar-refractivity contribution in [2.24, 2.45) is 0 Å². The number of ether oxygens (including phenoxy) is 10. The third-order valence-electron chi connectivity index (χ3n) is 7.71. The molecule has 2 amide bonds. The summed E-state index contributed by atoms with van der Waals surface area (Å²) in [5.41, 5.74) is -0.103. The van der Waals surface area contributed by atoms with Crippen molar-refractivity contribution in [2.75, 3.05) is 13.2 Å². The lowest BCUT2D eigenvalue weighted by Gasteiger charge is -2.44. The lowest BCUT2D eigenvalue weighted by molar-refractivity contribution is -0.263. The average Bonchev–Trinajstić information content (AvgIpc) is 3.07. The van der Waals surface area contributed by atoms with Crippen LogP contribution >= 0.6 is 0 Å². The number of benzene rings is 1. The maximum absolute atomic E-state index is 13.5. The van der Waals surface area contributed by atoms with Crippen LogP contribution in [0, 0.1) is 0 Å². The summed E-state index contributed by atoms with van der Waals surface area (Å²) in [4.78, 5) is 110. The molecule has 0 bridgehead atoms. The fourth-order valence-electron chi connectivity index (χ4n) is 5.76. The first kappa shape index (κ1) is 44.6. The van der Waals surface area contributed by atoms with Gasteiger partial charge in [-0.1, -0.05) is 0 Å². The van der Waals surface area contributed by atoms with E-state index < -0.39 is 128 Å². The number of esters is 7. The number of amides is 2. The Morgan fingerprint density at radius 3 is 1.25 bits per heavy atom. The van der Waals surface area contributed by atoms with Crippen molar-refractivity contribution >= 4 is 53.6 Å². The lowest BCUT2D eigenvalue weighted by Crippen LogP contribution is -2.67.